The van der Waals surface area contributed by atoms with E-state index in [4.69, 9.17) is 0 Å². The summed E-state index contributed by atoms with van der Waals surface area (Å²) in [6.07, 6.45) is 4.20. The second-order valence-corrected chi connectivity index (χ2v) is 5.17. The molecule has 1 aliphatic rings. The second-order valence-electron chi connectivity index (χ2n) is 5.17. The molecule has 0 saturated carbocycles. The number of rotatable bonds is 4. The largest absolute Gasteiger partial charge is 0.550 e. The lowest BCUT2D eigenvalue weighted by atomic mass is 9.82. The topological polar surface area (TPSA) is 98.3 Å². The zero-order chi connectivity index (χ0) is 15.9. The van der Waals surface area contributed by atoms with E-state index in [1.807, 2.05) is 18.2 Å². The summed E-state index contributed by atoms with van der Waals surface area (Å²) in [4.78, 5) is 34.8. The van der Waals surface area contributed by atoms with E-state index in [-0.39, 0.29) is 18.7 Å². The maximum atomic E-state index is 12.0. The van der Waals surface area contributed by atoms with Crippen LogP contribution in [-0.4, -0.2) is 17.8 Å². The van der Waals surface area contributed by atoms with Gasteiger partial charge in [0.05, 0.1) is 12.3 Å². The molecule has 6 heteroatoms. The van der Waals surface area contributed by atoms with E-state index >= 15 is 0 Å². The van der Waals surface area contributed by atoms with Gasteiger partial charge in [0, 0.05) is 11.9 Å². The van der Waals surface area contributed by atoms with Crippen molar-refractivity contribution in [3.8, 4) is 0 Å². The first-order chi connectivity index (χ1) is 10.6. The van der Waals surface area contributed by atoms with Crippen LogP contribution < -0.4 is 16.0 Å². The number of hydrogen-bond donors (Lipinski definition) is 2. The SMILES string of the molecule is O=C(Cc1ccccc1)NNC(=O)[C@H]1CC=CC[C@H]1C(=O)[O-]. The van der Waals surface area contributed by atoms with Gasteiger partial charge in [-0.1, -0.05) is 42.5 Å². The Morgan fingerprint density at radius 2 is 1.64 bits per heavy atom. The van der Waals surface area contributed by atoms with Gasteiger partial charge in [0.2, 0.25) is 11.8 Å². The van der Waals surface area contributed by atoms with Crippen LogP contribution in [0.15, 0.2) is 42.5 Å². The molecule has 0 heterocycles. The Kier molecular flexibility index (Phi) is 5.30. The van der Waals surface area contributed by atoms with Gasteiger partial charge in [-0.25, -0.2) is 0 Å². The number of benzene rings is 1. The molecule has 2 amide bonds. The normalized spacial score (nSPS) is 20.2. The molecule has 1 aliphatic carbocycles. The van der Waals surface area contributed by atoms with Crippen molar-refractivity contribution in [3.63, 3.8) is 0 Å². The van der Waals surface area contributed by atoms with Crippen molar-refractivity contribution in [3.05, 3.63) is 48.0 Å². The fraction of sp³-hybridized carbons (Fsp3) is 0.312. The molecule has 1 aromatic rings. The number of hydrogen-bond acceptors (Lipinski definition) is 4. The average molecular weight is 301 g/mol. The van der Waals surface area contributed by atoms with E-state index in [0.29, 0.717) is 6.42 Å². The standard InChI is InChI=1S/C16H18N2O4/c19-14(10-11-6-2-1-3-7-11)17-18-15(20)12-8-4-5-9-13(12)16(21)22/h1-7,12-13H,8-10H2,(H,17,19)(H,18,20)(H,21,22)/p-1/t12-,13+/m0/s1. The van der Waals surface area contributed by atoms with Crippen LogP contribution in [0, 0.1) is 11.8 Å². The minimum Gasteiger partial charge on any atom is -0.550 e. The number of carbonyl (C=O) groups excluding carboxylic acids is 3. The highest BCUT2D eigenvalue weighted by Gasteiger charge is 2.29. The lowest BCUT2D eigenvalue weighted by Gasteiger charge is -2.28. The Balaban J connectivity index is 1.85. The summed E-state index contributed by atoms with van der Waals surface area (Å²) in [6.45, 7) is 0. The maximum Gasteiger partial charge on any atom is 0.242 e. The Bertz CT molecular complexity index is 583. The van der Waals surface area contributed by atoms with Crippen LogP contribution in [0.2, 0.25) is 0 Å². The highest BCUT2D eigenvalue weighted by atomic mass is 16.4. The molecule has 0 fully saturated rings. The molecule has 2 atom stereocenters. The minimum absolute atomic E-state index is 0.135. The smallest absolute Gasteiger partial charge is 0.242 e. The van der Waals surface area contributed by atoms with E-state index in [0.717, 1.165) is 5.56 Å². The van der Waals surface area contributed by atoms with Gasteiger partial charge in [-0.2, -0.15) is 0 Å². The number of carbonyl (C=O) groups is 3. The molecule has 2 N–H and O–H groups in total. The maximum absolute atomic E-state index is 12.0. The Hall–Kier alpha value is -2.63. The molecule has 2 rings (SSSR count). The summed E-state index contributed by atoms with van der Waals surface area (Å²) in [5, 5.41) is 11.0. The van der Waals surface area contributed by atoms with Crippen molar-refractivity contribution in [2.24, 2.45) is 11.8 Å². The van der Waals surface area contributed by atoms with Crippen molar-refractivity contribution in [2.75, 3.05) is 0 Å². The molecule has 116 valence electrons. The molecule has 0 saturated heterocycles. The summed E-state index contributed by atoms with van der Waals surface area (Å²) < 4.78 is 0. The van der Waals surface area contributed by atoms with Crippen molar-refractivity contribution in [1.82, 2.24) is 10.9 Å². The van der Waals surface area contributed by atoms with Crippen LogP contribution in [0.4, 0.5) is 0 Å². The first kappa shape index (κ1) is 15.8. The molecule has 0 aromatic heterocycles. The third-order valence-corrected chi connectivity index (χ3v) is 3.60. The summed E-state index contributed by atoms with van der Waals surface area (Å²) in [6, 6.07) is 9.10. The van der Waals surface area contributed by atoms with E-state index in [1.54, 1.807) is 24.3 Å². The van der Waals surface area contributed by atoms with Gasteiger partial charge in [0.15, 0.2) is 0 Å². The first-order valence-electron chi connectivity index (χ1n) is 7.06. The number of carboxylic acids is 1. The second kappa shape index (κ2) is 7.40. The third kappa shape index (κ3) is 4.18. The fourth-order valence-corrected chi connectivity index (χ4v) is 2.41. The summed E-state index contributed by atoms with van der Waals surface area (Å²) >= 11 is 0. The molecular formula is C16H17N2O4-. The lowest BCUT2D eigenvalue weighted by molar-refractivity contribution is -0.313. The summed E-state index contributed by atoms with van der Waals surface area (Å²) in [7, 11) is 0. The van der Waals surface area contributed by atoms with Crippen molar-refractivity contribution < 1.29 is 19.5 Å². The van der Waals surface area contributed by atoms with E-state index in [1.165, 1.54) is 0 Å². The Morgan fingerprint density at radius 3 is 2.27 bits per heavy atom. The molecule has 0 aliphatic heterocycles. The average Bonchev–Trinajstić information content (AvgIpc) is 2.53. The van der Waals surface area contributed by atoms with Crippen LogP contribution in [-0.2, 0) is 20.8 Å². The lowest BCUT2D eigenvalue weighted by Crippen LogP contribution is -2.49. The predicted octanol–water partition coefficient (Wildman–Crippen LogP) is -0.291. The molecule has 0 bridgehead atoms. The van der Waals surface area contributed by atoms with Crippen LogP contribution in [0.3, 0.4) is 0 Å². The number of nitrogens with one attached hydrogen (secondary N) is 2. The molecule has 0 radical (unpaired) electrons. The van der Waals surface area contributed by atoms with Crippen LogP contribution in [0.1, 0.15) is 18.4 Å². The van der Waals surface area contributed by atoms with Crippen LogP contribution >= 0.6 is 0 Å². The Morgan fingerprint density at radius 1 is 1.00 bits per heavy atom. The molecule has 6 nitrogen and oxygen atoms in total. The number of aliphatic carboxylic acids is 1. The van der Waals surface area contributed by atoms with Gasteiger partial charge >= 0.3 is 0 Å². The first-order valence-corrected chi connectivity index (χ1v) is 7.06. The zero-order valence-corrected chi connectivity index (χ0v) is 12.0. The number of hydrazine groups is 1. The molecule has 0 unspecified atom stereocenters. The minimum atomic E-state index is -1.25. The van der Waals surface area contributed by atoms with Gasteiger partial charge in [0.25, 0.3) is 0 Å². The van der Waals surface area contributed by atoms with Crippen LogP contribution in [0.25, 0.3) is 0 Å². The van der Waals surface area contributed by atoms with Gasteiger partial charge < -0.3 is 9.90 Å². The van der Waals surface area contributed by atoms with Gasteiger partial charge in [-0.15, -0.1) is 0 Å². The molecule has 0 spiro atoms. The van der Waals surface area contributed by atoms with E-state index < -0.39 is 23.7 Å². The van der Waals surface area contributed by atoms with Gasteiger partial charge in [-0.05, 0) is 18.4 Å². The van der Waals surface area contributed by atoms with E-state index in [9.17, 15) is 19.5 Å². The highest BCUT2D eigenvalue weighted by molar-refractivity contribution is 5.87. The summed E-state index contributed by atoms with van der Waals surface area (Å²) in [5.41, 5.74) is 5.43. The number of amides is 2. The van der Waals surface area contributed by atoms with Crippen LogP contribution in [0.5, 0.6) is 0 Å². The highest BCUT2D eigenvalue weighted by Crippen LogP contribution is 2.25. The molecule has 1 aromatic carbocycles. The van der Waals surface area contributed by atoms with Gasteiger partial charge in [-0.3, -0.25) is 20.4 Å². The number of allylic oxidation sites excluding steroid dienone is 2. The zero-order valence-electron chi connectivity index (χ0n) is 12.0. The quantitative estimate of drug-likeness (QED) is 0.589. The predicted molar refractivity (Wildman–Crippen MR) is 76.8 cm³/mol. The van der Waals surface area contributed by atoms with E-state index in [2.05, 4.69) is 10.9 Å². The number of carboxylic acid groups (broad SMARTS) is 1. The molecular weight excluding hydrogens is 284 g/mol. The fourth-order valence-electron chi connectivity index (χ4n) is 2.41. The molecule has 22 heavy (non-hydrogen) atoms. The summed E-state index contributed by atoms with van der Waals surface area (Å²) in [5.74, 6) is -3.72. The Labute approximate surface area is 128 Å². The monoisotopic (exact) mass is 301 g/mol. The third-order valence-electron chi connectivity index (χ3n) is 3.60. The van der Waals surface area contributed by atoms with Gasteiger partial charge in [0.1, 0.15) is 0 Å². The van der Waals surface area contributed by atoms with Crippen molar-refractivity contribution in [2.45, 2.75) is 19.3 Å². The van der Waals surface area contributed by atoms with Crippen molar-refractivity contribution >= 4 is 17.8 Å². The van der Waals surface area contributed by atoms with Crippen molar-refractivity contribution in [1.29, 1.82) is 0 Å².